The van der Waals surface area contributed by atoms with Crippen molar-refractivity contribution in [1.29, 1.82) is 0 Å². The number of hydrogen-bond acceptors (Lipinski definition) is 5. The van der Waals surface area contributed by atoms with Crippen LogP contribution in [0.25, 0.3) is 11.3 Å². The van der Waals surface area contributed by atoms with Crippen LogP contribution < -0.4 is 4.90 Å². The lowest BCUT2D eigenvalue weighted by atomic mass is 10.2. The fraction of sp³-hybridized carbons (Fsp3) is 0.0833. The summed E-state index contributed by atoms with van der Waals surface area (Å²) in [5, 5.41) is 11.9. The third kappa shape index (κ3) is 5.51. The van der Waals surface area contributed by atoms with E-state index in [1.165, 1.54) is 35.2 Å². The zero-order chi connectivity index (χ0) is 21.6. The molecule has 0 saturated carbocycles. The molecule has 1 N–H and O–H groups in total. The zero-order valence-electron chi connectivity index (χ0n) is 16.4. The lowest BCUT2D eigenvalue weighted by Crippen LogP contribution is -2.31. The molecule has 31 heavy (non-hydrogen) atoms. The second-order valence-corrected chi connectivity index (χ2v) is 8.66. The highest BCUT2D eigenvalue weighted by molar-refractivity contribution is 8.00. The van der Waals surface area contributed by atoms with E-state index in [0.29, 0.717) is 17.4 Å². The van der Waals surface area contributed by atoms with Gasteiger partial charge in [0.05, 0.1) is 18.0 Å². The van der Waals surface area contributed by atoms with Gasteiger partial charge in [0.25, 0.3) is 0 Å². The molecule has 7 heteroatoms. The number of nitrogens with zero attached hydrogens (tertiary/aromatic N) is 2. The minimum absolute atomic E-state index is 0.0677. The minimum Gasteiger partial charge on any atom is -0.508 e. The molecule has 1 amide bonds. The van der Waals surface area contributed by atoms with Crippen LogP contribution in [0, 0.1) is 5.82 Å². The molecule has 4 rings (SSSR count). The van der Waals surface area contributed by atoms with Crippen LogP contribution >= 0.6 is 23.1 Å². The van der Waals surface area contributed by atoms with E-state index in [4.69, 9.17) is 0 Å². The Kier molecular flexibility index (Phi) is 6.64. The number of phenolic OH excluding ortho intramolecular Hbond substituents is 1. The molecule has 0 aliphatic heterocycles. The SMILES string of the molecule is O=C(CSc1ccc(O)cc1)N(Cc1ccccc1)c1nc(-c2ccc(F)cc2)cs1. The molecular formula is C24H19FN2O2S2. The first-order chi connectivity index (χ1) is 15.1. The number of rotatable bonds is 7. The molecule has 4 nitrogen and oxygen atoms in total. The van der Waals surface area contributed by atoms with Crippen LogP contribution in [0.15, 0.2) is 89.1 Å². The molecule has 156 valence electrons. The molecule has 0 spiro atoms. The van der Waals surface area contributed by atoms with Gasteiger partial charge in [-0.1, -0.05) is 30.3 Å². The molecule has 4 aromatic rings. The quantitative estimate of drug-likeness (QED) is 0.352. The molecule has 0 aliphatic rings. The Morgan fingerprint density at radius 2 is 1.71 bits per heavy atom. The maximum atomic E-state index is 13.2. The van der Waals surface area contributed by atoms with E-state index >= 15 is 0 Å². The Bertz CT molecular complexity index is 1150. The van der Waals surface area contributed by atoms with E-state index in [2.05, 4.69) is 4.98 Å². The van der Waals surface area contributed by atoms with E-state index in [1.807, 2.05) is 35.7 Å². The Hall–Kier alpha value is -3.16. The smallest absolute Gasteiger partial charge is 0.239 e. The molecule has 0 saturated heterocycles. The molecule has 0 unspecified atom stereocenters. The Labute approximate surface area is 188 Å². The summed E-state index contributed by atoms with van der Waals surface area (Å²) < 4.78 is 13.2. The number of aromatic hydroxyl groups is 1. The fourth-order valence-corrected chi connectivity index (χ4v) is 4.56. The molecule has 0 radical (unpaired) electrons. The summed E-state index contributed by atoms with van der Waals surface area (Å²) in [5.74, 6) is 0.0639. The van der Waals surface area contributed by atoms with Gasteiger partial charge in [-0.05, 0) is 54.1 Å². The van der Waals surface area contributed by atoms with Crippen molar-refractivity contribution in [3.63, 3.8) is 0 Å². The van der Waals surface area contributed by atoms with E-state index in [1.54, 1.807) is 41.3 Å². The maximum absolute atomic E-state index is 13.2. The number of thioether (sulfide) groups is 1. The van der Waals surface area contributed by atoms with Gasteiger partial charge in [0.2, 0.25) is 5.91 Å². The van der Waals surface area contributed by atoms with Crippen molar-refractivity contribution in [2.75, 3.05) is 10.7 Å². The number of benzene rings is 3. The summed E-state index contributed by atoms with van der Waals surface area (Å²) in [6, 6.07) is 22.7. The molecule has 0 atom stereocenters. The third-order valence-electron chi connectivity index (χ3n) is 4.55. The Morgan fingerprint density at radius 1 is 1.00 bits per heavy atom. The van der Waals surface area contributed by atoms with Crippen molar-refractivity contribution in [1.82, 2.24) is 4.98 Å². The summed E-state index contributed by atoms with van der Waals surface area (Å²) in [6.07, 6.45) is 0. The second kappa shape index (κ2) is 9.76. The molecule has 3 aromatic carbocycles. The number of phenols is 1. The first-order valence-corrected chi connectivity index (χ1v) is 11.4. The average Bonchev–Trinajstić information content (AvgIpc) is 3.28. The van der Waals surface area contributed by atoms with Crippen LogP contribution in [-0.4, -0.2) is 21.8 Å². The van der Waals surface area contributed by atoms with E-state index in [9.17, 15) is 14.3 Å². The molecule has 1 heterocycles. The van der Waals surface area contributed by atoms with E-state index in [0.717, 1.165) is 16.0 Å². The maximum Gasteiger partial charge on any atom is 0.239 e. The predicted molar refractivity (Wildman–Crippen MR) is 124 cm³/mol. The van der Waals surface area contributed by atoms with Crippen molar-refractivity contribution in [2.45, 2.75) is 11.4 Å². The molecule has 1 aromatic heterocycles. The summed E-state index contributed by atoms with van der Waals surface area (Å²) >= 11 is 2.79. The largest absolute Gasteiger partial charge is 0.508 e. The number of carbonyl (C=O) groups is 1. The van der Waals surface area contributed by atoms with Crippen LogP contribution in [0.3, 0.4) is 0 Å². The normalized spacial score (nSPS) is 10.7. The Morgan fingerprint density at radius 3 is 2.42 bits per heavy atom. The number of anilines is 1. The summed E-state index contributed by atoms with van der Waals surface area (Å²) in [5.41, 5.74) is 2.51. The second-order valence-electron chi connectivity index (χ2n) is 6.77. The van der Waals surface area contributed by atoms with Crippen LogP contribution in [-0.2, 0) is 11.3 Å². The summed E-state index contributed by atoms with van der Waals surface area (Å²) in [4.78, 5) is 20.4. The Balaban J connectivity index is 1.56. The number of aromatic nitrogens is 1. The topological polar surface area (TPSA) is 53.4 Å². The summed E-state index contributed by atoms with van der Waals surface area (Å²) in [6.45, 7) is 0.409. The summed E-state index contributed by atoms with van der Waals surface area (Å²) in [7, 11) is 0. The van der Waals surface area contributed by atoms with Crippen LogP contribution in [0.2, 0.25) is 0 Å². The highest BCUT2D eigenvalue weighted by Crippen LogP contribution is 2.30. The van der Waals surface area contributed by atoms with Crippen molar-refractivity contribution in [3.8, 4) is 17.0 Å². The number of halogens is 1. The third-order valence-corrected chi connectivity index (χ3v) is 6.41. The molecule has 0 fully saturated rings. The van der Waals surface area contributed by atoms with Crippen molar-refractivity contribution in [3.05, 3.63) is 95.6 Å². The van der Waals surface area contributed by atoms with Gasteiger partial charge in [0.1, 0.15) is 11.6 Å². The zero-order valence-corrected chi connectivity index (χ0v) is 18.1. The monoisotopic (exact) mass is 450 g/mol. The predicted octanol–water partition coefficient (Wildman–Crippen LogP) is 5.98. The van der Waals surface area contributed by atoms with Gasteiger partial charge >= 0.3 is 0 Å². The van der Waals surface area contributed by atoms with Gasteiger partial charge in [0.15, 0.2) is 5.13 Å². The number of thiazole rings is 1. The first kappa shape index (κ1) is 21.1. The van der Waals surface area contributed by atoms with Crippen LogP contribution in [0.4, 0.5) is 9.52 Å². The van der Waals surface area contributed by atoms with Crippen molar-refractivity contribution >= 4 is 34.1 Å². The highest BCUT2D eigenvalue weighted by Gasteiger charge is 2.20. The first-order valence-electron chi connectivity index (χ1n) is 9.56. The van der Waals surface area contributed by atoms with E-state index < -0.39 is 0 Å². The number of carbonyl (C=O) groups excluding carboxylic acids is 1. The van der Waals surface area contributed by atoms with Crippen molar-refractivity contribution < 1.29 is 14.3 Å². The van der Waals surface area contributed by atoms with Gasteiger partial charge in [-0.2, -0.15) is 0 Å². The van der Waals surface area contributed by atoms with Crippen LogP contribution in [0.5, 0.6) is 5.75 Å². The van der Waals surface area contributed by atoms with Gasteiger partial charge in [-0.25, -0.2) is 9.37 Å². The molecular weight excluding hydrogens is 431 g/mol. The van der Waals surface area contributed by atoms with Gasteiger partial charge in [-0.15, -0.1) is 23.1 Å². The lowest BCUT2D eigenvalue weighted by Gasteiger charge is -2.20. The van der Waals surface area contributed by atoms with Crippen molar-refractivity contribution in [2.24, 2.45) is 0 Å². The highest BCUT2D eigenvalue weighted by atomic mass is 32.2. The van der Waals surface area contributed by atoms with Gasteiger partial charge in [-0.3, -0.25) is 9.69 Å². The van der Waals surface area contributed by atoms with Gasteiger partial charge < -0.3 is 5.11 Å². The molecule has 0 aliphatic carbocycles. The van der Waals surface area contributed by atoms with Gasteiger partial charge in [0, 0.05) is 15.8 Å². The average molecular weight is 451 g/mol. The fourth-order valence-electron chi connectivity index (χ4n) is 2.94. The van der Waals surface area contributed by atoms with E-state index in [-0.39, 0.29) is 23.2 Å². The minimum atomic E-state index is -0.300. The molecule has 0 bridgehead atoms. The number of hydrogen-bond donors (Lipinski definition) is 1. The lowest BCUT2D eigenvalue weighted by molar-refractivity contribution is -0.116. The standard InChI is InChI=1S/C24H19FN2O2S2/c25-19-8-6-18(7-9-19)22-15-31-24(26-22)27(14-17-4-2-1-3-5-17)23(29)16-30-21-12-10-20(28)11-13-21/h1-13,15,28H,14,16H2. The van der Waals surface area contributed by atoms with Crippen LogP contribution in [0.1, 0.15) is 5.56 Å². The number of amides is 1.